The topological polar surface area (TPSA) is 86.7 Å². The lowest BCUT2D eigenvalue weighted by molar-refractivity contribution is -0.144. The summed E-state index contributed by atoms with van der Waals surface area (Å²) in [5.74, 6) is -5.11. The maximum atomic E-state index is 14.6. The van der Waals surface area contributed by atoms with Crippen LogP contribution in [0.25, 0.3) is 11.6 Å². The van der Waals surface area contributed by atoms with Gasteiger partial charge in [0.25, 0.3) is 0 Å². The largest absolute Gasteiger partial charge is 0.462 e. The smallest absolute Gasteiger partial charge is 0.417 e. The Morgan fingerprint density at radius 2 is 1.54 bits per heavy atom. The van der Waals surface area contributed by atoms with Gasteiger partial charge in [-0.05, 0) is 67.7 Å². The molecule has 2 aromatic carbocycles. The molecule has 0 spiro atoms. The Hall–Kier alpha value is -3.52. The molecular formula is C32H32F6O6S2. The van der Waals surface area contributed by atoms with E-state index in [2.05, 4.69) is 0 Å². The van der Waals surface area contributed by atoms with Gasteiger partial charge in [0.15, 0.2) is 11.6 Å². The molecule has 0 aromatic heterocycles. The average molecular weight is 691 g/mol. The van der Waals surface area contributed by atoms with E-state index in [-0.39, 0.29) is 17.9 Å². The SMILES string of the molecule is CCCOC(=O)C(=Cc1ccc(C(F)(F)F)cc1C(SC)C(=O)C(C(=O)OC(C)C)=C(c1ccccc1)C(F)(F)F)C(=O)CSC. The third kappa shape index (κ3) is 10.2. The van der Waals surface area contributed by atoms with Crippen molar-refractivity contribution in [1.29, 1.82) is 0 Å². The Morgan fingerprint density at radius 1 is 0.913 bits per heavy atom. The number of Topliss-reactive ketones (excluding diaryl/α,β-unsaturated/α-hetero) is 2. The second-order valence-corrected chi connectivity index (χ2v) is 11.7. The van der Waals surface area contributed by atoms with Crippen molar-refractivity contribution in [3.63, 3.8) is 0 Å². The van der Waals surface area contributed by atoms with Gasteiger partial charge in [-0.1, -0.05) is 43.3 Å². The van der Waals surface area contributed by atoms with Crippen molar-refractivity contribution in [2.24, 2.45) is 0 Å². The Balaban J connectivity index is 3.01. The van der Waals surface area contributed by atoms with Gasteiger partial charge >= 0.3 is 24.3 Å². The molecule has 2 rings (SSSR count). The van der Waals surface area contributed by atoms with Gasteiger partial charge in [0.2, 0.25) is 0 Å². The molecule has 0 amide bonds. The number of halogens is 6. The van der Waals surface area contributed by atoms with Crippen molar-refractivity contribution in [3.05, 3.63) is 81.9 Å². The molecule has 250 valence electrons. The molecule has 0 aliphatic rings. The van der Waals surface area contributed by atoms with Crippen LogP contribution in [0.15, 0.2) is 59.7 Å². The minimum absolute atomic E-state index is 0.0691. The van der Waals surface area contributed by atoms with E-state index in [1.165, 1.54) is 38.3 Å². The summed E-state index contributed by atoms with van der Waals surface area (Å²) in [5.41, 5.74) is -6.13. The quantitative estimate of drug-likeness (QED) is 0.0650. The number of ketones is 2. The standard InChI is InChI=1S/C32H32F6O6S2/c1-6-14-43-29(41)23(24(39)17-45-4)15-20-12-13-21(31(33,34)35)16-22(20)28(46-5)27(40)25(30(42)44-18(2)3)26(32(36,37)38)19-10-8-7-9-11-19/h7-13,15-16,18,28H,6,14,17H2,1-5H3. The van der Waals surface area contributed by atoms with Crippen LogP contribution >= 0.6 is 23.5 Å². The molecule has 1 unspecified atom stereocenters. The number of benzene rings is 2. The second kappa shape index (κ2) is 16.9. The van der Waals surface area contributed by atoms with Crippen LogP contribution in [0.4, 0.5) is 26.3 Å². The molecule has 0 N–H and O–H groups in total. The zero-order chi connectivity index (χ0) is 34.8. The predicted octanol–water partition coefficient (Wildman–Crippen LogP) is 7.92. The van der Waals surface area contributed by atoms with Crippen LogP contribution in [0.1, 0.15) is 54.7 Å². The summed E-state index contributed by atoms with van der Waals surface area (Å²) in [4.78, 5) is 53.1. The first kappa shape index (κ1) is 38.7. The van der Waals surface area contributed by atoms with Crippen LogP contribution in [0, 0.1) is 0 Å². The first-order valence-corrected chi connectivity index (χ1v) is 16.4. The minimum atomic E-state index is -5.28. The third-order valence-electron chi connectivity index (χ3n) is 6.09. The molecule has 1 atom stereocenters. The van der Waals surface area contributed by atoms with E-state index in [4.69, 9.17) is 9.47 Å². The summed E-state index contributed by atoms with van der Waals surface area (Å²) in [7, 11) is 0. The molecule has 2 aromatic rings. The summed E-state index contributed by atoms with van der Waals surface area (Å²) in [6.45, 7) is 4.33. The van der Waals surface area contributed by atoms with Crippen LogP contribution in [0.3, 0.4) is 0 Å². The fourth-order valence-corrected chi connectivity index (χ4v) is 5.37. The summed E-state index contributed by atoms with van der Waals surface area (Å²) >= 11 is 1.62. The van der Waals surface area contributed by atoms with Crippen molar-refractivity contribution >= 4 is 58.7 Å². The van der Waals surface area contributed by atoms with E-state index in [0.29, 0.717) is 30.3 Å². The molecule has 0 saturated heterocycles. The highest BCUT2D eigenvalue weighted by molar-refractivity contribution is 7.99. The highest BCUT2D eigenvalue weighted by Gasteiger charge is 2.44. The number of thioether (sulfide) groups is 2. The zero-order valence-corrected chi connectivity index (χ0v) is 27.1. The van der Waals surface area contributed by atoms with E-state index >= 15 is 0 Å². The molecule has 0 aliphatic carbocycles. The van der Waals surface area contributed by atoms with Gasteiger partial charge in [0.05, 0.1) is 34.9 Å². The van der Waals surface area contributed by atoms with Crippen LogP contribution in [0.2, 0.25) is 0 Å². The minimum Gasteiger partial charge on any atom is -0.462 e. The molecule has 0 bridgehead atoms. The first-order valence-electron chi connectivity index (χ1n) is 13.7. The molecule has 0 aliphatic heterocycles. The lowest BCUT2D eigenvalue weighted by Crippen LogP contribution is -2.28. The maximum Gasteiger partial charge on any atom is 0.417 e. The van der Waals surface area contributed by atoms with Gasteiger partial charge in [-0.25, -0.2) is 9.59 Å². The number of carbonyl (C=O) groups is 4. The highest BCUT2D eigenvalue weighted by atomic mass is 32.2. The molecular weight excluding hydrogens is 658 g/mol. The van der Waals surface area contributed by atoms with Crippen molar-refractivity contribution in [2.45, 2.75) is 50.9 Å². The van der Waals surface area contributed by atoms with E-state index in [0.717, 1.165) is 36.0 Å². The molecule has 14 heteroatoms. The third-order valence-corrected chi connectivity index (χ3v) is 7.58. The van der Waals surface area contributed by atoms with Crippen molar-refractivity contribution in [3.8, 4) is 0 Å². The maximum absolute atomic E-state index is 14.6. The Morgan fingerprint density at radius 3 is 2.04 bits per heavy atom. The molecule has 0 fully saturated rings. The number of ether oxygens (including phenoxy) is 2. The van der Waals surface area contributed by atoms with Gasteiger partial charge in [0.1, 0.15) is 11.1 Å². The van der Waals surface area contributed by atoms with Crippen molar-refractivity contribution in [1.82, 2.24) is 0 Å². The van der Waals surface area contributed by atoms with Gasteiger partial charge in [-0.2, -0.15) is 38.1 Å². The van der Waals surface area contributed by atoms with Crippen LogP contribution in [0.5, 0.6) is 0 Å². The molecule has 0 radical (unpaired) electrons. The highest BCUT2D eigenvalue weighted by Crippen LogP contribution is 2.43. The lowest BCUT2D eigenvalue weighted by atomic mass is 9.90. The average Bonchev–Trinajstić information content (AvgIpc) is 2.97. The number of hydrogen-bond acceptors (Lipinski definition) is 8. The monoisotopic (exact) mass is 690 g/mol. The number of rotatable bonds is 14. The summed E-state index contributed by atoms with van der Waals surface area (Å²) in [5, 5.41) is -1.85. The van der Waals surface area contributed by atoms with Gasteiger partial charge in [0, 0.05) is 0 Å². The van der Waals surface area contributed by atoms with Crippen LogP contribution < -0.4 is 0 Å². The predicted molar refractivity (Wildman–Crippen MR) is 166 cm³/mol. The number of alkyl halides is 6. The lowest BCUT2D eigenvalue weighted by Gasteiger charge is -2.23. The number of allylic oxidation sites excluding steroid dienone is 1. The molecule has 46 heavy (non-hydrogen) atoms. The first-order chi connectivity index (χ1) is 21.5. The van der Waals surface area contributed by atoms with Crippen molar-refractivity contribution in [2.75, 3.05) is 24.9 Å². The van der Waals surface area contributed by atoms with Crippen LogP contribution in [-0.2, 0) is 34.8 Å². The van der Waals surface area contributed by atoms with E-state index < -0.39 is 80.6 Å². The van der Waals surface area contributed by atoms with E-state index in [1.807, 2.05) is 0 Å². The number of hydrogen-bond donors (Lipinski definition) is 0. The van der Waals surface area contributed by atoms with E-state index in [1.54, 1.807) is 13.2 Å². The normalized spacial score (nSPS) is 13.6. The molecule has 0 heterocycles. The molecule has 0 saturated carbocycles. The zero-order valence-electron chi connectivity index (χ0n) is 25.5. The number of carbonyl (C=O) groups excluding carboxylic acids is 4. The fourth-order valence-electron chi connectivity index (χ4n) is 4.16. The van der Waals surface area contributed by atoms with Crippen LogP contribution in [-0.4, -0.2) is 60.7 Å². The summed E-state index contributed by atoms with van der Waals surface area (Å²) in [6.07, 6.45) is -7.01. The molecule has 6 nitrogen and oxygen atoms in total. The summed E-state index contributed by atoms with van der Waals surface area (Å²) < 4.78 is 95.7. The van der Waals surface area contributed by atoms with E-state index in [9.17, 15) is 45.5 Å². The fraction of sp³-hybridized carbons (Fsp3) is 0.375. The van der Waals surface area contributed by atoms with Gasteiger partial charge in [-0.15, -0.1) is 11.8 Å². The Bertz CT molecular complexity index is 1480. The number of esters is 2. The van der Waals surface area contributed by atoms with Gasteiger partial charge in [-0.3, -0.25) is 9.59 Å². The summed E-state index contributed by atoms with van der Waals surface area (Å²) in [6, 6.07) is 8.05. The van der Waals surface area contributed by atoms with Gasteiger partial charge < -0.3 is 9.47 Å². The second-order valence-electron chi connectivity index (χ2n) is 9.94. The Labute approximate surface area is 271 Å². The van der Waals surface area contributed by atoms with Crippen molar-refractivity contribution < 1.29 is 55.0 Å². The Kier molecular flexibility index (Phi) is 14.2.